The molecule has 0 atom stereocenters. The van der Waals surface area contributed by atoms with Crippen LogP contribution in [0.1, 0.15) is 15.3 Å². The summed E-state index contributed by atoms with van der Waals surface area (Å²) in [5, 5.41) is 2.97. The Morgan fingerprint density at radius 2 is 1.82 bits per heavy atom. The highest BCUT2D eigenvalue weighted by Gasteiger charge is 1.89. The van der Waals surface area contributed by atoms with Gasteiger partial charge in [-0.3, -0.25) is 0 Å². The fourth-order valence-corrected chi connectivity index (χ4v) is 0.725. The van der Waals surface area contributed by atoms with Crippen molar-refractivity contribution in [2.45, 2.75) is 13.8 Å². The zero-order valence-electron chi connectivity index (χ0n) is 7.39. The van der Waals surface area contributed by atoms with Gasteiger partial charge < -0.3 is 11.1 Å². The maximum atomic E-state index is 5.57. The third-order valence-electron chi connectivity index (χ3n) is 1.23. The number of nitrogens with two attached hydrogens (primary N) is 1. The van der Waals surface area contributed by atoms with Crippen molar-refractivity contribution >= 4 is 11.4 Å². The van der Waals surface area contributed by atoms with Crippen LogP contribution in [0.2, 0.25) is 0 Å². The van der Waals surface area contributed by atoms with Gasteiger partial charge in [-0.1, -0.05) is 26.0 Å². The number of anilines is 2. The molecular formula is C9H18N2. The Morgan fingerprint density at radius 1 is 1.27 bits per heavy atom. The Balaban J connectivity index is 0. The highest BCUT2D eigenvalue weighted by Crippen LogP contribution is 2.14. The molecule has 0 fully saturated rings. The van der Waals surface area contributed by atoms with Gasteiger partial charge in [-0.2, -0.15) is 0 Å². The second-order valence-corrected chi connectivity index (χ2v) is 1.84. The molecule has 2 heteroatoms. The number of hydrogen-bond donors (Lipinski definition) is 2. The van der Waals surface area contributed by atoms with Gasteiger partial charge in [0.15, 0.2) is 0 Å². The summed E-state index contributed by atoms with van der Waals surface area (Å²) >= 11 is 0. The molecule has 1 rings (SSSR count). The lowest BCUT2D eigenvalue weighted by molar-refractivity contribution is 1.50. The van der Waals surface area contributed by atoms with Crippen LogP contribution in [0.15, 0.2) is 24.3 Å². The van der Waals surface area contributed by atoms with Gasteiger partial charge in [0.05, 0.1) is 11.4 Å². The molecule has 0 aliphatic heterocycles. The monoisotopic (exact) mass is 154 g/mol. The minimum Gasteiger partial charge on any atom is -0.397 e. The average Bonchev–Trinajstić information content (AvgIpc) is 2.09. The normalized spacial score (nSPS) is 7.91. The zero-order chi connectivity index (χ0) is 8.69. The van der Waals surface area contributed by atoms with E-state index in [1.807, 2.05) is 45.2 Å². The Kier molecular flexibility index (Phi) is 4.99. The van der Waals surface area contributed by atoms with Crippen LogP contribution in [0.5, 0.6) is 0 Å². The van der Waals surface area contributed by atoms with Crippen LogP contribution in [0, 0.1) is 0 Å². The van der Waals surface area contributed by atoms with Crippen LogP contribution in [-0.4, -0.2) is 7.05 Å². The molecule has 11 heavy (non-hydrogen) atoms. The summed E-state index contributed by atoms with van der Waals surface area (Å²) in [6, 6.07) is 7.67. The lowest BCUT2D eigenvalue weighted by Gasteiger charge is -2.01. The molecule has 0 saturated heterocycles. The molecule has 0 spiro atoms. The van der Waals surface area contributed by atoms with E-state index in [1.165, 1.54) is 0 Å². The summed E-state index contributed by atoms with van der Waals surface area (Å²) in [5.41, 5.74) is 7.34. The number of nitrogen functional groups attached to an aromatic ring is 1. The molecule has 0 aliphatic carbocycles. The number of nitrogens with one attached hydrogen (secondary N) is 1. The lowest BCUT2D eigenvalue weighted by Crippen LogP contribution is -1.93. The van der Waals surface area contributed by atoms with E-state index in [2.05, 4.69) is 5.32 Å². The maximum absolute atomic E-state index is 5.57. The third kappa shape index (κ3) is 2.94. The predicted octanol–water partition coefficient (Wildman–Crippen LogP) is 2.58. The molecule has 0 unspecified atom stereocenters. The summed E-state index contributed by atoms with van der Waals surface area (Å²) in [5.74, 6) is 0. The van der Waals surface area contributed by atoms with E-state index in [-0.39, 0.29) is 1.43 Å². The largest absolute Gasteiger partial charge is 0.397 e. The Labute approximate surface area is 69.9 Å². The average molecular weight is 154 g/mol. The number of para-hydroxylation sites is 2. The molecule has 0 amide bonds. The van der Waals surface area contributed by atoms with Crippen molar-refractivity contribution in [3.05, 3.63) is 24.3 Å². The minimum atomic E-state index is 0. The fourth-order valence-electron chi connectivity index (χ4n) is 0.725. The van der Waals surface area contributed by atoms with E-state index in [0.717, 1.165) is 11.4 Å². The molecule has 0 aromatic heterocycles. The number of hydrogen-bond acceptors (Lipinski definition) is 2. The molecule has 1 aromatic carbocycles. The van der Waals surface area contributed by atoms with Crippen molar-refractivity contribution in [3.63, 3.8) is 0 Å². The smallest absolute Gasteiger partial charge is 0.0571 e. The first-order chi connectivity index (χ1) is 5.34. The van der Waals surface area contributed by atoms with Crippen LogP contribution in [0.25, 0.3) is 0 Å². The SMILES string of the molecule is CC.CNc1ccccc1N.[HH]. The minimum absolute atomic E-state index is 0. The van der Waals surface area contributed by atoms with Crippen molar-refractivity contribution in [2.75, 3.05) is 18.1 Å². The molecule has 64 valence electrons. The molecule has 1 aromatic rings. The van der Waals surface area contributed by atoms with Crippen molar-refractivity contribution in [1.29, 1.82) is 0 Å². The predicted molar refractivity (Wildman–Crippen MR) is 53.9 cm³/mol. The molecule has 0 saturated carbocycles. The van der Waals surface area contributed by atoms with Crippen molar-refractivity contribution in [1.82, 2.24) is 0 Å². The molecule has 0 bridgehead atoms. The van der Waals surface area contributed by atoms with E-state index in [1.54, 1.807) is 0 Å². The standard InChI is InChI=1S/C7H10N2.C2H6.H2/c1-9-7-5-3-2-4-6(7)8;1-2;/h2-5,9H,8H2,1H3;1-2H3;1H. The number of rotatable bonds is 1. The highest BCUT2D eigenvalue weighted by atomic mass is 14.8. The fraction of sp³-hybridized carbons (Fsp3) is 0.333. The maximum Gasteiger partial charge on any atom is 0.0571 e. The number of benzene rings is 1. The van der Waals surface area contributed by atoms with Gasteiger partial charge in [0, 0.05) is 8.47 Å². The van der Waals surface area contributed by atoms with E-state index < -0.39 is 0 Å². The van der Waals surface area contributed by atoms with Crippen molar-refractivity contribution in [3.8, 4) is 0 Å². The second-order valence-electron chi connectivity index (χ2n) is 1.84. The van der Waals surface area contributed by atoms with Gasteiger partial charge in [-0.05, 0) is 12.1 Å². The molecular weight excluding hydrogens is 136 g/mol. The molecule has 2 nitrogen and oxygen atoms in total. The van der Waals surface area contributed by atoms with Gasteiger partial charge in [-0.25, -0.2) is 0 Å². The van der Waals surface area contributed by atoms with Gasteiger partial charge in [0.1, 0.15) is 0 Å². The second kappa shape index (κ2) is 5.59. The Bertz CT molecular complexity index is 201. The van der Waals surface area contributed by atoms with Crippen LogP contribution in [0.4, 0.5) is 11.4 Å². The lowest BCUT2D eigenvalue weighted by atomic mass is 10.3. The van der Waals surface area contributed by atoms with E-state index >= 15 is 0 Å². The van der Waals surface area contributed by atoms with Crippen LogP contribution in [0.3, 0.4) is 0 Å². The first kappa shape index (κ1) is 9.82. The van der Waals surface area contributed by atoms with Crippen LogP contribution in [-0.2, 0) is 0 Å². The first-order valence-electron chi connectivity index (χ1n) is 3.87. The van der Waals surface area contributed by atoms with Crippen LogP contribution >= 0.6 is 0 Å². The summed E-state index contributed by atoms with van der Waals surface area (Å²) in [6.45, 7) is 4.00. The molecule has 3 N–H and O–H groups in total. The topological polar surface area (TPSA) is 38.0 Å². The highest BCUT2D eigenvalue weighted by molar-refractivity contribution is 5.65. The van der Waals surface area contributed by atoms with Crippen molar-refractivity contribution in [2.24, 2.45) is 0 Å². The summed E-state index contributed by atoms with van der Waals surface area (Å²) < 4.78 is 0. The van der Waals surface area contributed by atoms with Crippen LogP contribution < -0.4 is 11.1 Å². The van der Waals surface area contributed by atoms with Gasteiger partial charge >= 0.3 is 0 Å². The molecule has 0 heterocycles. The van der Waals surface area contributed by atoms with E-state index in [4.69, 9.17) is 5.73 Å². The summed E-state index contributed by atoms with van der Waals surface area (Å²) in [6.07, 6.45) is 0. The molecule has 0 aliphatic rings. The van der Waals surface area contributed by atoms with E-state index in [9.17, 15) is 0 Å². The van der Waals surface area contributed by atoms with E-state index in [0.29, 0.717) is 0 Å². The van der Waals surface area contributed by atoms with Gasteiger partial charge in [0.25, 0.3) is 0 Å². The molecule has 0 radical (unpaired) electrons. The van der Waals surface area contributed by atoms with Gasteiger partial charge in [0.2, 0.25) is 0 Å². The zero-order valence-corrected chi connectivity index (χ0v) is 7.39. The first-order valence-corrected chi connectivity index (χ1v) is 3.87. The summed E-state index contributed by atoms with van der Waals surface area (Å²) in [4.78, 5) is 0. The quantitative estimate of drug-likeness (QED) is 0.610. The van der Waals surface area contributed by atoms with Gasteiger partial charge in [-0.15, -0.1) is 0 Å². The van der Waals surface area contributed by atoms with Crippen molar-refractivity contribution < 1.29 is 1.43 Å². The Hall–Kier alpha value is -1.18. The Morgan fingerprint density at radius 3 is 2.18 bits per heavy atom. The third-order valence-corrected chi connectivity index (χ3v) is 1.23. The summed E-state index contributed by atoms with van der Waals surface area (Å²) in [7, 11) is 1.85.